The van der Waals surface area contributed by atoms with Crippen molar-refractivity contribution >= 4 is 17.8 Å². The molecule has 22 heavy (non-hydrogen) atoms. The number of piperazine rings is 1. The quantitative estimate of drug-likeness (QED) is 0.821. The first kappa shape index (κ1) is 16.0. The molecule has 120 valence electrons. The van der Waals surface area contributed by atoms with Gasteiger partial charge in [-0.15, -0.1) is 0 Å². The van der Waals surface area contributed by atoms with Crippen LogP contribution >= 0.6 is 0 Å². The number of nitrogen functional groups attached to an aromatic ring is 1. The summed E-state index contributed by atoms with van der Waals surface area (Å²) in [6.45, 7) is 7.13. The van der Waals surface area contributed by atoms with E-state index in [1.54, 1.807) is 9.80 Å². The van der Waals surface area contributed by atoms with Crippen molar-refractivity contribution in [2.24, 2.45) is 0 Å². The van der Waals surface area contributed by atoms with Crippen LogP contribution in [0.4, 0.5) is 10.6 Å². The maximum absolute atomic E-state index is 12.3. The monoisotopic (exact) mass is 307 g/mol. The van der Waals surface area contributed by atoms with Crippen molar-refractivity contribution in [3.05, 3.63) is 18.1 Å². The Morgan fingerprint density at radius 1 is 1.18 bits per heavy atom. The highest BCUT2D eigenvalue weighted by atomic mass is 16.6. The van der Waals surface area contributed by atoms with Gasteiger partial charge in [-0.3, -0.25) is 4.79 Å². The van der Waals surface area contributed by atoms with Gasteiger partial charge in [0.1, 0.15) is 11.4 Å². The average molecular weight is 307 g/mol. The maximum atomic E-state index is 12.3. The average Bonchev–Trinajstić information content (AvgIpc) is 2.45. The molecule has 0 atom stereocenters. The lowest BCUT2D eigenvalue weighted by atomic mass is 10.2. The molecule has 1 saturated heterocycles. The number of hydrogen-bond donors (Lipinski definition) is 1. The fourth-order valence-corrected chi connectivity index (χ4v) is 2.04. The lowest BCUT2D eigenvalue weighted by Crippen LogP contribution is -2.51. The van der Waals surface area contributed by atoms with Crippen molar-refractivity contribution in [2.45, 2.75) is 26.4 Å². The van der Waals surface area contributed by atoms with Gasteiger partial charge in [0.25, 0.3) is 5.91 Å². The van der Waals surface area contributed by atoms with Crippen LogP contribution in [-0.2, 0) is 4.74 Å². The lowest BCUT2D eigenvalue weighted by Gasteiger charge is -2.35. The van der Waals surface area contributed by atoms with Crippen molar-refractivity contribution in [1.29, 1.82) is 0 Å². The van der Waals surface area contributed by atoms with E-state index in [1.165, 1.54) is 12.3 Å². The maximum Gasteiger partial charge on any atom is 0.410 e. The van der Waals surface area contributed by atoms with E-state index in [2.05, 4.69) is 9.97 Å². The minimum Gasteiger partial charge on any atom is -0.444 e. The van der Waals surface area contributed by atoms with Crippen LogP contribution in [0, 0.1) is 0 Å². The predicted octanol–water partition coefficient (Wildman–Crippen LogP) is 0.752. The number of aromatic nitrogens is 2. The normalized spacial score (nSPS) is 15.6. The molecule has 8 heteroatoms. The van der Waals surface area contributed by atoms with Crippen LogP contribution in [0.25, 0.3) is 0 Å². The summed E-state index contributed by atoms with van der Waals surface area (Å²) in [4.78, 5) is 35.3. The molecule has 0 saturated carbocycles. The van der Waals surface area contributed by atoms with Crippen LogP contribution in [0.2, 0.25) is 0 Å². The van der Waals surface area contributed by atoms with Gasteiger partial charge in [0.15, 0.2) is 0 Å². The molecule has 2 N–H and O–H groups in total. The molecule has 0 spiro atoms. The van der Waals surface area contributed by atoms with Gasteiger partial charge in [-0.05, 0) is 26.8 Å². The zero-order chi connectivity index (χ0) is 16.3. The van der Waals surface area contributed by atoms with Crippen molar-refractivity contribution in [2.75, 3.05) is 31.9 Å². The minimum atomic E-state index is -0.528. The molecule has 0 bridgehead atoms. The molecule has 0 unspecified atom stereocenters. The summed E-state index contributed by atoms with van der Waals surface area (Å²) < 4.78 is 5.32. The minimum absolute atomic E-state index is 0.0747. The summed E-state index contributed by atoms with van der Waals surface area (Å²) in [6.07, 6.45) is 1.09. The fraction of sp³-hybridized carbons (Fsp3) is 0.571. The van der Waals surface area contributed by atoms with E-state index in [0.717, 1.165) is 0 Å². The molecule has 2 amide bonds. The van der Waals surface area contributed by atoms with Gasteiger partial charge in [-0.2, -0.15) is 0 Å². The smallest absolute Gasteiger partial charge is 0.410 e. The number of ether oxygens (including phenoxy) is 1. The second-order valence-electron chi connectivity index (χ2n) is 6.06. The summed E-state index contributed by atoms with van der Waals surface area (Å²) in [7, 11) is 0. The Kier molecular flexibility index (Phi) is 4.48. The lowest BCUT2D eigenvalue weighted by molar-refractivity contribution is 0.0139. The van der Waals surface area contributed by atoms with Gasteiger partial charge >= 0.3 is 6.09 Å². The van der Waals surface area contributed by atoms with E-state index in [0.29, 0.717) is 26.2 Å². The SMILES string of the molecule is CC(C)(C)OC(=O)N1CCN(C(=O)c2nccc(N)n2)CC1. The highest BCUT2D eigenvalue weighted by Crippen LogP contribution is 2.12. The highest BCUT2D eigenvalue weighted by molar-refractivity contribution is 5.90. The fourth-order valence-electron chi connectivity index (χ4n) is 2.04. The molecule has 2 heterocycles. The predicted molar refractivity (Wildman–Crippen MR) is 80.2 cm³/mol. The van der Waals surface area contributed by atoms with Crippen molar-refractivity contribution in [1.82, 2.24) is 19.8 Å². The molecule has 1 aromatic heterocycles. The highest BCUT2D eigenvalue weighted by Gasteiger charge is 2.28. The third-order valence-electron chi connectivity index (χ3n) is 3.09. The van der Waals surface area contributed by atoms with Gasteiger partial charge in [0.2, 0.25) is 5.82 Å². The molecule has 1 fully saturated rings. The molecule has 2 rings (SSSR count). The molecule has 0 radical (unpaired) electrons. The number of hydrogen-bond acceptors (Lipinski definition) is 6. The van der Waals surface area contributed by atoms with Gasteiger partial charge in [-0.1, -0.05) is 0 Å². The molecule has 1 aliphatic rings. The Hall–Kier alpha value is -2.38. The van der Waals surface area contributed by atoms with Crippen LogP contribution in [0.15, 0.2) is 12.3 Å². The van der Waals surface area contributed by atoms with Crippen molar-refractivity contribution < 1.29 is 14.3 Å². The first-order chi connectivity index (χ1) is 10.3. The van der Waals surface area contributed by atoms with Crippen molar-refractivity contribution in [3.63, 3.8) is 0 Å². The third-order valence-corrected chi connectivity index (χ3v) is 3.09. The number of amides is 2. The third kappa shape index (κ3) is 4.06. The first-order valence-corrected chi connectivity index (χ1v) is 7.12. The standard InChI is InChI=1S/C14H21N5O3/c1-14(2,3)22-13(21)19-8-6-18(7-9-19)12(20)11-16-5-4-10(15)17-11/h4-5H,6-9H2,1-3H3,(H2,15,16,17). The van der Waals surface area contributed by atoms with Gasteiger partial charge in [-0.25, -0.2) is 14.8 Å². The van der Waals surface area contributed by atoms with E-state index < -0.39 is 5.60 Å². The van der Waals surface area contributed by atoms with Gasteiger partial charge < -0.3 is 20.3 Å². The van der Waals surface area contributed by atoms with Crippen LogP contribution in [0.5, 0.6) is 0 Å². The molecule has 0 aliphatic carbocycles. The van der Waals surface area contributed by atoms with E-state index >= 15 is 0 Å². The zero-order valence-corrected chi connectivity index (χ0v) is 13.1. The second-order valence-corrected chi connectivity index (χ2v) is 6.06. The summed E-state index contributed by atoms with van der Waals surface area (Å²) in [6, 6.07) is 1.53. The summed E-state index contributed by atoms with van der Waals surface area (Å²) >= 11 is 0. The number of nitrogens with two attached hydrogens (primary N) is 1. The Morgan fingerprint density at radius 2 is 1.77 bits per heavy atom. The Bertz CT molecular complexity index is 562. The summed E-state index contributed by atoms with van der Waals surface area (Å²) in [5, 5.41) is 0. The topological polar surface area (TPSA) is 102 Å². The molecule has 1 aliphatic heterocycles. The number of nitrogens with zero attached hydrogens (tertiary/aromatic N) is 4. The molecule has 0 aromatic carbocycles. The largest absolute Gasteiger partial charge is 0.444 e. The van der Waals surface area contributed by atoms with Crippen LogP contribution in [0.1, 0.15) is 31.4 Å². The number of carbonyl (C=O) groups excluding carboxylic acids is 2. The first-order valence-electron chi connectivity index (χ1n) is 7.12. The second kappa shape index (κ2) is 6.17. The molecular weight excluding hydrogens is 286 g/mol. The molecule has 8 nitrogen and oxygen atoms in total. The number of anilines is 1. The van der Waals surface area contributed by atoms with Crippen LogP contribution in [0.3, 0.4) is 0 Å². The molecule has 1 aromatic rings. The van der Waals surface area contributed by atoms with E-state index in [4.69, 9.17) is 10.5 Å². The number of rotatable bonds is 1. The number of carbonyl (C=O) groups is 2. The Balaban J connectivity index is 1.92. The summed E-state index contributed by atoms with van der Waals surface area (Å²) in [5.74, 6) is 0.0487. The van der Waals surface area contributed by atoms with E-state index in [1.807, 2.05) is 20.8 Å². The summed E-state index contributed by atoms with van der Waals surface area (Å²) in [5.41, 5.74) is 5.03. The molecular formula is C14H21N5O3. The zero-order valence-electron chi connectivity index (χ0n) is 13.1. The Morgan fingerprint density at radius 3 is 2.32 bits per heavy atom. The van der Waals surface area contributed by atoms with Crippen LogP contribution in [-0.4, -0.2) is 63.5 Å². The van der Waals surface area contributed by atoms with Gasteiger partial charge in [0, 0.05) is 32.4 Å². The Labute approximate surface area is 129 Å². The van der Waals surface area contributed by atoms with Crippen LogP contribution < -0.4 is 5.73 Å². The van der Waals surface area contributed by atoms with E-state index in [-0.39, 0.29) is 23.6 Å². The van der Waals surface area contributed by atoms with Crippen molar-refractivity contribution in [3.8, 4) is 0 Å². The van der Waals surface area contributed by atoms with Gasteiger partial charge in [0.05, 0.1) is 0 Å². The van der Waals surface area contributed by atoms with E-state index in [9.17, 15) is 9.59 Å².